The fourth-order valence-corrected chi connectivity index (χ4v) is 2.35. The summed E-state index contributed by atoms with van der Waals surface area (Å²) in [5.41, 5.74) is 3.44. The van der Waals surface area contributed by atoms with E-state index >= 15 is 0 Å². The zero-order valence-electron chi connectivity index (χ0n) is 13.0. The Morgan fingerprint density at radius 1 is 0.909 bits per heavy atom. The van der Waals surface area contributed by atoms with Crippen LogP contribution < -0.4 is 0 Å². The lowest BCUT2D eigenvalue weighted by Gasteiger charge is -2.18. The SMILES string of the molecule is CC(C)(C)c1ccc(N=Nc2c(O)[nH]c3ccccc23)cc1. The number of nitrogens with one attached hydrogen (secondary N) is 1. The van der Waals surface area contributed by atoms with Gasteiger partial charge in [-0.3, -0.25) is 0 Å². The van der Waals surface area contributed by atoms with Crippen molar-refractivity contribution < 1.29 is 5.11 Å². The van der Waals surface area contributed by atoms with Gasteiger partial charge in [-0.15, -0.1) is 5.11 Å². The molecule has 0 radical (unpaired) electrons. The quantitative estimate of drug-likeness (QED) is 0.595. The topological polar surface area (TPSA) is 60.7 Å². The number of fused-ring (bicyclic) bond motifs is 1. The molecule has 4 heteroatoms. The van der Waals surface area contributed by atoms with Crippen molar-refractivity contribution in [3.05, 3.63) is 54.1 Å². The van der Waals surface area contributed by atoms with E-state index in [2.05, 4.69) is 48.1 Å². The summed E-state index contributed by atoms with van der Waals surface area (Å²) < 4.78 is 0. The van der Waals surface area contributed by atoms with Crippen molar-refractivity contribution >= 4 is 22.3 Å². The fourth-order valence-electron chi connectivity index (χ4n) is 2.35. The lowest BCUT2D eigenvalue weighted by molar-refractivity contribution is 0.459. The Hall–Kier alpha value is -2.62. The van der Waals surface area contributed by atoms with Crippen LogP contribution in [0.25, 0.3) is 10.9 Å². The summed E-state index contributed by atoms with van der Waals surface area (Å²) in [7, 11) is 0. The number of para-hydroxylation sites is 1. The molecule has 0 bridgehead atoms. The van der Waals surface area contributed by atoms with Crippen LogP contribution in [0.4, 0.5) is 11.4 Å². The maximum atomic E-state index is 9.95. The number of H-pyrrole nitrogens is 1. The molecule has 4 nitrogen and oxygen atoms in total. The average molecular weight is 293 g/mol. The highest BCUT2D eigenvalue weighted by Gasteiger charge is 2.13. The van der Waals surface area contributed by atoms with Gasteiger partial charge in [0, 0.05) is 5.39 Å². The molecule has 0 aliphatic heterocycles. The lowest BCUT2D eigenvalue weighted by atomic mass is 9.87. The molecule has 2 aromatic carbocycles. The van der Waals surface area contributed by atoms with Gasteiger partial charge in [0.25, 0.3) is 0 Å². The van der Waals surface area contributed by atoms with E-state index in [1.807, 2.05) is 36.4 Å². The molecular weight excluding hydrogens is 274 g/mol. The van der Waals surface area contributed by atoms with Gasteiger partial charge in [-0.25, -0.2) is 0 Å². The molecule has 0 saturated carbocycles. The van der Waals surface area contributed by atoms with Crippen molar-refractivity contribution in [2.75, 3.05) is 0 Å². The van der Waals surface area contributed by atoms with Gasteiger partial charge in [0.2, 0.25) is 5.88 Å². The van der Waals surface area contributed by atoms with Crippen LogP contribution in [0.1, 0.15) is 26.3 Å². The standard InChI is InChI=1S/C18H19N3O/c1-18(2,3)12-8-10-13(11-9-12)20-21-16-14-6-4-5-7-15(14)19-17(16)22/h4-11,19,22H,1-3H3. The number of rotatable bonds is 2. The molecule has 0 atom stereocenters. The summed E-state index contributed by atoms with van der Waals surface area (Å²) in [5.74, 6) is 0.0382. The minimum absolute atomic E-state index is 0.0382. The van der Waals surface area contributed by atoms with E-state index < -0.39 is 0 Å². The highest BCUT2D eigenvalue weighted by molar-refractivity contribution is 5.94. The molecule has 3 aromatic rings. The fraction of sp³-hybridized carbons (Fsp3) is 0.222. The van der Waals surface area contributed by atoms with E-state index in [0.717, 1.165) is 16.6 Å². The Morgan fingerprint density at radius 3 is 2.27 bits per heavy atom. The van der Waals surface area contributed by atoms with Crippen LogP contribution in [0.5, 0.6) is 5.88 Å². The minimum Gasteiger partial charge on any atom is -0.493 e. The molecule has 3 rings (SSSR count). The molecule has 0 unspecified atom stereocenters. The van der Waals surface area contributed by atoms with Gasteiger partial charge in [-0.2, -0.15) is 5.11 Å². The molecule has 0 saturated heterocycles. The third-order valence-electron chi connectivity index (χ3n) is 3.66. The minimum atomic E-state index is 0.0382. The molecule has 1 heterocycles. The van der Waals surface area contributed by atoms with Crippen molar-refractivity contribution in [1.82, 2.24) is 4.98 Å². The maximum Gasteiger partial charge on any atom is 0.218 e. The highest BCUT2D eigenvalue weighted by Crippen LogP contribution is 2.36. The van der Waals surface area contributed by atoms with Crippen molar-refractivity contribution in [3.63, 3.8) is 0 Å². The largest absolute Gasteiger partial charge is 0.493 e. The van der Waals surface area contributed by atoms with Gasteiger partial charge in [0.05, 0.1) is 11.2 Å². The first-order chi connectivity index (χ1) is 10.4. The second-order valence-electron chi connectivity index (χ2n) is 6.36. The first-order valence-electron chi connectivity index (χ1n) is 7.27. The van der Waals surface area contributed by atoms with Gasteiger partial charge in [0.15, 0.2) is 5.69 Å². The van der Waals surface area contributed by atoms with Crippen molar-refractivity contribution in [2.45, 2.75) is 26.2 Å². The van der Waals surface area contributed by atoms with Gasteiger partial charge in [0.1, 0.15) is 0 Å². The van der Waals surface area contributed by atoms with E-state index in [1.54, 1.807) is 0 Å². The summed E-state index contributed by atoms with van der Waals surface area (Å²) >= 11 is 0. The van der Waals surface area contributed by atoms with Crippen LogP contribution in [-0.4, -0.2) is 10.1 Å². The zero-order chi connectivity index (χ0) is 15.7. The number of aromatic nitrogens is 1. The molecule has 112 valence electrons. The van der Waals surface area contributed by atoms with E-state index in [0.29, 0.717) is 5.69 Å². The molecule has 0 amide bonds. The number of hydrogen-bond acceptors (Lipinski definition) is 3. The lowest BCUT2D eigenvalue weighted by Crippen LogP contribution is -2.10. The molecular formula is C18H19N3O. The van der Waals surface area contributed by atoms with Crippen LogP contribution in [0.15, 0.2) is 58.8 Å². The Bertz CT molecular complexity index is 824. The summed E-state index contributed by atoms with van der Waals surface area (Å²) in [4.78, 5) is 2.89. The molecule has 0 fully saturated rings. The third-order valence-corrected chi connectivity index (χ3v) is 3.66. The summed E-state index contributed by atoms with van der Waals surface area (Å²) in [5, 5.41) is 19.2. The van der Waals surface area contributed by atoms with Crippen LogP contribution >= 0.6 is 0 Å². The van der Waals surface area contributed by atoms with E-state index in [1.165, 1.54) is 5.56 Å². The van der Waals surface area contributed by atoms with Crippen LogP contribution in [0.3, 0.4) is 0 Å². The second kappa shape index (κ2) is 5.30. The van der Waals surface area contributed by atoms with Crippen LogP contribution in [-0.2, 0) is 5.41 Å². The number of aromatic hydroxyl groups is 1. The molecule has 22 heavy (non-hydrogen) atoms. The van der Waals surface area contributed by atoms with E-state index in [4.69, 9.17) is 0 Å². The first-order valence-corrected chi connectivity index (χ1v) is 7.27. The van der Waals surface area contributed by atoms with Crippen molar-refractivity contribution in [1.29, 1.82) is 0 Å². The van der Waals surface area contributed by atoms with Crippen molar-refractivity contribution in [2.24, 2.45) is 10.2 Å². The number of nitrogens with zero attached hydrogens (tertiary/aromatic N) is 2. The highest BCUT2D eigenvalue weighted by atomic mass is 16.3. The Kier molecular flexibility index (Phi) is 3.45. The van der Waals surface area contributed by atoms with Crippen molar-refractivity contribution in [3.8, 4) is 5.88 Å². The maximum absolute atomic E-state index is 9.95. The Balaban J connectivity index is 1.91. The number of hydrogen-bond donors (Lipinski definition) is 2. The number of azo groups is 1. The van der Waals surface area contributed by atoms with Gasteiger partial charge >= 0.3 is 0 Å². The second-order valence-corrected chi connectivity index (χ2v) is 6.36. The molecule has 0 aliphatic carbocycles. The monoisotopic (exact) mass is 293 g/mol. The zero-order valence-corrected chi connectivity index (χ0v) is 13.0. The Labute approximate surface area is 129 Å². The first kappa shape index (κ1) is 14.3. The third kappa shape index (κ3) is 2.72. The number of benzene rings is 2. The van der Waals surface area contributed by atoms with Gasteiger partial charge < -0.3 is 10.1 Å². The predicted octanol–water partition coefficient (Wildman–Crippen LogP) is 5.59. The smallest absolute Gasteiger partial charge is 0.218 e. The van der Waals surface area contributed by atoms with Gasteiger partial charge in [-0.1, -0.05) is 51.1 Å². The average Bonchev–Trinajstić information content (AvgIpc) is 2.80. The normalized spacial score (nSPS) is 12.3. The summed E-state index contributed by atoms with van der Waals surface area (Å²) in [6.45, 7) is 6.52. The number of aromatic amines is 1. The van der Waals surface area contributed by atoms with Crippen LogP contribution in [0, 0.1) is 0 Å². The molecule has 0 spiro atoms. The van der Waals surface area contributed by atoms with E-state index in [9.17, 15) is 5.11 Å². The van der Waals surface area contributed by atoms with Gasteiger partial charge in [-0.05, 0) is 29.2 Å². The summed E-state index contributed by atoms with van der Waals surface area (Å²) in [6.07, 6.45) is 0. The van der Waals surface area contributed by atoms with E-state index in [-0.39, 0.29) is 11.3 Å². The van der Waals surface area contributed by atoms with Crippen LogP contribution in [0.2, 0.25) is 0 Å². The molecule has 2 N–H and O–H groups in total. The molecule has 1 aromatic heterocycles. The summed E-state index contributed by atoms with van der Waals surface area (Å²) in [6, 6.07) is 15.6. The predicted molar refractivity (Wildman–Crippen MR) is 89.3 cm³/mol. The molecule has 0 aliphatic rings. The Morgan fingerprint density at radius 2 is 1.59 bits per heavy atom.